The van der Waals surface area contributed by atoms with Gasteiger partial charge >= 0.3 is 5.97 Å². The summed E-state index contributed by atoms with van der Waals surface area (Å²) < 4.78 is 0. The molecule has 0 saturated heterocycles. The van der Waals surface area contributed by atoms with Gasteiger partial charge in [-0.2, -0.15) is 0 Å². The van der Waals surface area contributed by atoms with Gasteiger partial charge in [-0.05, 0) is 18.9 Å². The number of rotatable bonds is 4. The van der Waals surface area contributed by atoms with Crippen molar-refractivity contribution in [2.45, 2.75) is 25.3 Å². The molecule has 1 amide bonds. The average molecular weight is 278 g/mol. The third-order valence-electron chi connectivity index (χ3n) is 3.47. The standard InChI is InChI=1S/C13H14N2O5/c16-12(8-3-1-4-9(7-8)15(19)20)14-11-6-2-5-10(11)13(17)18/h1,3-4,7,10-11H,2,5-6H2,(H,14,16)(H,17,18)/t10-,11+/m1/s1. The number of aliphatic carboxylic acids is 1. The number of non-ortho nitro benzene ring substituents is 1. The molecule has 0 heterocycles. The Bertz CT molecular complexity index is 557. The fourth-order valence-corrected chi connectivity index (χ4v) is 2.44. The Morgan fingerprint density at radius 2 is 2.10 bits per heavy atom. The molecule has 7 heteroatoms. The second-order valence-electron chi connectivity index (χ2n) is 4.76. The highest BCUT2D eigenvalue weighted by molar-refractivity contribution is 5.95. The minimum atomic E-state index is -0.924. The van der Waals surface area contributed by atoms with Gasteiger partial charge < -0.3 is 10.4 Å². The summed E-state index contributed by atoms with van der Waals surface area (Å²) in [4.78, 5) is 33.1. The maximum atomic E-state index is 12.0. The summed E-state index contributed by atoms with van der Waals surface area (Å²) in [6.45, 7) is 0. The molecule has 0 unspecified atom stereocenters. The van der Waals surface area contributed by atoms with Crippen LogP contribution in [-0.4, -0.2) is 27.9 Å². The summed E-state index contributed by atoms with van der Waals surface area (Å²) >= 11 is 0. The van der Waals surface area contributed by atoms with Gasteiger partial charge in [0.25, 0.3) is 11.6 Å². The maximum absolute atomic E-state index is 12.0. The third kappa shape index (κ3) is 2.93. The summed E-state index contributed by atoms with van der Waals surface area (Å²) in [7, 11) is 0. The van der Waals surface area contributed by atoms with E-state index in [0.717, 1.165) is 6.42 Å². The molecule has 106 valence electrons. The quantitative estimate of drug-likeness (QED) is 0.641. The number of carboxylic acids is 1. The predicted octanol–water partition coefficient (Wildman–Crippen LogP) is 1.58. The Kier molecular flexibility index (Phi) is 3.97. The first-order chi connectivity index (χ1) is 9.49. The van der Waals surface area contributed by atoms with Crippen LogP contribution in [0.5, 0.6) is 0 Å². The number of benzene rings is 1. The molecule has 0 aromatic heterocycles. The summed E-state index contributed by atoms with van der Waals surface area (Å²) in [5.74, 6) is -1.99. The SMILES string of the molecule is O=C(N[C@H]1CCC[C@H]1C(=O)O)c1cccc([N+](=O)[O-])c1. The zero-order chi connectivity index (χ0) is 14.7. The normalized spacial score (nSPS) is 21.4. The molecule has 7 nitrogen and oxygen atoms in total. The zero-order valence-corrected chi connectivity index (χ0v) is 10.6. The van der Waals surface area contributed by atoms with Gasteiger partial charge in [0.15, 0.2) is 0 Å². The minimum Gasteiger partial charge on any atom is -0.481 e. The van der Waals surface area contributed by atoms with Crippen LogP contribution in [0.25, 0.3) is 0 Å². The lowest BCUT2D eigenvalue weighted by atomic mass is 10.0. The van der Waals surface area contributed by atoms with E-state index in [1.807, 2.05) is 0 Å². The Labute approximate surface area is 114 Å². The Hall–Kier alpha value is -2.44. The number of carboxylic acid groups (broad SMARTS) is 1. The van der Waals surface area contributed by atoms with Crippen LogP contribution in [0, 0.1) is 16.0 Å². The van der Waals surface area contributed by atoms with Crippen LogP contribution >= 0.6 is 0 Å². The molecule has 0 radical (unpaired) electrons. The van der Waals surface area contributed by atoms with Crippen molar-refractivity contribution in [3.05, 3.63) is 39.9 Å². The predicted molar refractivity (Wildman–Crippen MR) is 69.3 cm³/mol. The zero-order valence-electron chi connectivity index (χ0n) is 10.6. The molecule has 2 rings (SSSR count). The van der Waals surface area contributed by atoms with Crippen LogP contribution in [-0.2, 0) is 4.79 Å². The number of carbonyl (C=O) groups is 2. The molecular formula is C13H14N2O5. The van der Waals surface area contributed by atoms with Crippen LogP contribution in [0.4, 0.5) is 5.69 Å². The van der Waals surface area contributed by atoms with Crippen molar-refractivity contribution in [1.29, 1.82) is 0 Å². The molecule has 2 atom stereocenters. The van der Waals surface area contributed by atoms with E-state index in [1.165, 1.54) is 24.3 Å². The fourth-order valence-electron chi connectivity index (χ4n) is 2.44. The smallest absolute Gasteiger partial charge is 0.308 e. The highest BCUT2D eigenvalue weighted by Crippen LogP contribution is 2.26. The van der Waals surface area contributed by atoms with Crippen molar-refractivity contribution in [2.24, 2.45) is 5.92 Å². The topological polar surface area (TPSA) is 110 Å². The Morgan fingerprint density at radius 1 is 1.35 bits per heavy atom. The molecule has 1 aliphatic carbocycles. The molecule has 0 bridgehead atoms. The first-order valence-corrected chi connectivity index (χ1v) is 6.27. The van der Waals surface area contributed by atoms with Crippen LogP contribution in [0.2, 0.25) is 0 Å². The van der Waals surface area contributed by atoms with E-state index in [0.29, 0.717) is 12.8 Å². The van der Waals surface area contributed by atoms with Gasteiger partial charge in [0.2, 0.25) is 0 Å². The van der Waals surface area contributed by atoms with Gasteiger partial charge in [-0.1, -0.05) is 12.5 Å². The first-order valence-electron chi connectivity index (χ1n) is 6.27. The van der Waals surface area contributed by atoms with Crippen molar-refractivity contribution >= 4 is 17.6 Å². The summed E-state index contributed by atoms with van der Waals surface area (Å²) in [6.07, 6.45) is 1.89. The second kappa shape index (κ2) is 5.68. The van der Waals surface area contributed by atoms with Gasteiger partial charge in [-0.25, -0.2) is 0 Å². The van der Waals surface area contributed by atoms with E-state index >= 15 is 0 Å². The highest BCUT2D eigenvalue weighted by atomic mass is 16.6. The van der Waals surface area contributed by atoms with Crippen molar-refractivity contribution in [2.75, 3.05) is 0 Å². The number of hydrogen-bond donors (Lipinski definition) is 2. The van der Waals surface area contributed by atoms with E-state index in [9.17, 15) is 19.7 Å². The Balaban J connectivity index is 2.10. The molecule has 20 heavy (non-hydrogen) atoms. The number of nitrogens with one attached hydrogen (secondary N) is 1. The van der Waals surface area contributed by atoms with Gasteiger partial charge in [-0.15, -0.1) is 0 Å². The summed E-state index contributed by atoms with van der Waals surface area (Å²) in [6, 6.07) is 4.95. The highest BCUT2D eigenvalue weighted by Gasteiger charge is 2.34. The number of nitro groups is 1. The van der Waals surface area contributed by atoms with Gasteiger partial charge in [0, 0.05) is 23.7 Å². The fraction of sp³-hybridized carbons (Fsp3) is 0.385. The molecule has 0 spiro atoms. The molecule has 1 aliphatic rings. The van der Waals surface area contributed by atoms with E-state index < -0.39 is 28.8 Å². The molecule has 2 N–H and O–H groups in total. The summed E-state index contributed by atoms with van der Waals surface area (Å²) in [5, 5.41) is 22.4. The third-order valence-corrected chi connectivity index (χ3v) is 3.47. The van der Waals surface area contributed by atoms with Gasteiger partial charge in [0.1, 0.15) is 0 Å². The van der Waals surface area contributed by atoms with E-state index in [-0.39, 0.29) is 11.3 Å². The molecular weight excluding hydrogens is 264 g/mol. The van der Waals surface area contributed by atoms with E-state index in [4.69, 9.17) is 5.11 Å². The molecule has 1 aromatic rings. The molecule has 0 aliphatic heterocycles. The van der Waals surface area contributed by atoms with Crippen molar-refractivity contribution in [1.82, 2.24) is 5.32 Å². The molecule has 1 saturated carbocycles. The number of nitro benzene ring substituents is 1. The lowest BCUT2D eigenvalue weighted by Gasteiger charge is -2.17. The largest absolute Gasteiger partial charge is 0.481 e. The van der Waals surface area contributed by atoms with Crippen LogP contribution in [0.3, 0.4) is 0 Å². The average Bonchev–Trinajstić information content (AvgIpc) is 2.87. The molecule has 1 aromatic carbocycles. The summed E-state index contributed by atoms with van der Waals surface area (Å²) in [5.41, 5.74) is -0.00547. The lowest BCUT2D eigenvalue weighted by molar-refractivity contribution is -0.384. The van der Waals surface area contributed by atoms with Crippen molar-refractivity contribution in [3.8, 4) is 0 Å². The lowest BCUT2D eigenvalue weighted by Crippen LogP contribution is -2.40. The number of hydrogen-bond acceptors (Lipinski definition) is 4. The van der Waals surface area contributed by atoms with Crippen molar-refractivity contribution in [3.63, 3.8) is 0 Å². The van der Waals surface area contributed by atoms with E-state index in [2.05, 4.69) is 5.32 Å². The van der Waals surface area contributed by atoms with Crippen LogP contribution in [0.15, 0.2) is 24.3 Å². The second-order valence-corrected chi connectivity index (χ2v) is 4.76. The van der Waals surface area contributed by atoms with Crippen LogP contribution < -0.4 is 5.32 Å². The number of nitrogens with zero attached hydrogens (tertiary/aromatic N) is 1. The van der Waals surface area contributed by atoms with Gasteiger partial charge in [0.05, 0.1) is 10.8 Å². The maximum Gasteiger partial charge on any atom is 0.308 e. The number of amides is 1. The minimum absolute atomic E-state index is 0.162. The molecule has 1 fully saturated rings. The van der Waals surface area contributed by atoms with E-state index in [1.54, 1.807) is 0 Å². The Morgan fingerprint density at radius 3 is 2.75 bits per heavy atom. The first kappa shape index (κ1) is 14.0. The van der Waals surface area contributed by atoms with Crippen molar-refractivity contribution < 1.29 is 19.6 Å². The van der Waals surface area contributed by atoms with Crippen LogP contribution in [0.1, 0.15) is 29.6 Å². The van der Waals surface area contributed by atoms with Gasteiger partial charge in [-0.3, -0.25) is 19.7 Å². The number of carbonyl (C=O) groups excluding carboxylic acids is 1. The monoisotopic (exact) mass is 278 g/mol.